The Hall–Kier alpha value is -1.35. The Morgan fingerprint density at radius 3 is 2.10 bits per heavy atom. The molecule has 0 bridgehead atoms. The third kappa shape index (κ3) is 2.84. The summed E-state index contributed by atoms with van der Waals surface area (Å²) in [5.41, 5.74) is 7.69. The van der Waals surface area contributed by atoms with Gasteiger partial charge < -0.3 is 10.8 Å². The van der Waals surface area contributed by atoms with E-state index in [1.165, 1.54) is 5.56 Å². The van der Waals surface area contributed by atoms with Crippen LogP contribution in [0.2, 0.25) is 0 Å². The van der Waals surface area contributed by atoms with E-state index in [1.54, 1.807) is 0 Å². The summed E-state index contributed by atoms with van der Waals surface area (Å²) in [4.78, 5) is 11.9. The van der Waals surface area contributed by atoms with Gasteiger partial charge in [-0.15, -0.1) is 0 Å². The van der Waals surface area contributed by atoms with Gasteiger partial charge in [0.15, 0.2) is 0 Å². The molecule has 0 atom stereocenters. The van der Waals surface area contributed by atoms with E-state index in [2.05, 4.69) is 32.9 Å². The number of carbonyl (C=O) groups is 1. The zero-order valence-electron chi connectivity index (χ0n) is 13.4. The van der Waals surface area contributed by atoms with Crippen LogP contribution >= 0.6 is 0 Å². The third-order valence-electron chi connectivity index (χ3n) is 5.68. The molecule has 0 aliphatic heterocycles. The zero-order chi connectivity index (χ0) is 15.7. The van der Waals surface area contributed by atoms with E-state index in [4.69, 9.17) is 10.8 Å². The predicted octanol–water partition coefficient (Wildman–Crippen LogP) is 3.14. The molecule has 0 heterocycles. The van der Waals surface area contributed by atoms with Crippen molar-refractivity contribution in [3.05, 3.63) is 35.4 Å². The molecule has 3 heteroatoms. The summed E-state index contributed by atoms with van der Waals surface area (Å²) < 4.78 is 0. The van der Waals surface area contributed by atoms with Crippen molar-refractivity contribution >= 4 is 5.91 Å². The summed E-state index contributed by atoms with van der Waals surface area (Å²) in [6.45, 7) is 6.55. The standard InChI is InChI=1S/C18H27NO2/c1-13(2)18(16(19)21)10-8-17(3,9-11-18)15-6-4-14(12-20)5-7-15/h4-7,13,20H,8-12H2,1-3H3,(H2,19,21). The lowest BCUT2D eigenvalue weighted by atomic mass is 9.58. The van der Waals surface area contributed by atoms with E-state index < -0.39 is 0 Å². The molecule has 1 saturated carbocycles. The van der Waals surface area contributed by atoms with Crippen LogP contribution < -0.4 is 5.73 Å². The molecule has 1 amide bonds. The van der Waals surface area contributed by atoms with Gasteiger partial charge in [0, 0.05) is 0 Å². The highest BCUT2D eigenvalue weighted by molar-refractivity contribution is 5.81. The Morgan fingerprint density at radius 1 is 1.19 bits per heavy atom. The molecule has 1 aromatic rings. The predicted molar refractivity (Wildman–Crippen MR) is 84.7 cm³/mol. The number of hydrogen-bond acceptors (Lipinski definition) is 2. The molecular formula is C18H27NO2. The lowest BCUT2D eigenvalue weighted by Crippen LogP contribution is -2.46. The van der Waals surface area contributed by atoms with Gasteiger partial charge in [0.05, 0.1) is 12.0 Å². The normalized spacial score (nSPS) is 29.6. The molecule has 1 fully saturated rings. The average molecular weight is 289 g/mol. The number of benzene rings is 1. The molecule has 0 saturated heterocycles. The molecular weight excluding hydrogens is 262 g/mol. The maximum absolute atomic E-state index is 11.9. The highest BCUT2D eigenvalue weighted by Gasteiger charge is 2.46. The SMILES string of the molecule is CC(C)C1(C(N)=O)CCC(C)(c2ccc(CO)cc2)CC1. The molecule has 116 valence electrons. The van der Waals surface area contributed by atoms with Gasteiger partial charge in [0.25, 0.3) is 0 Å². The Kier molecular flexibility index (Phi) is 4.43. The van der Waals surface area contributed by atoms with Crippen LogP contribution in [-0.4, -0.2) is 11.0 Å². The summed E-state index contributed by atoms with van der Waals surface area (Å²) >= 11 is 0. The molecule has 0 aromatic heterocycles. The third-order valence-corrected chi connectivity index (χ3v) is 5.68. The van der Waals surface area contributed by atoms with Crippen LogP contribution in [0.3, 0.4) is 0 Å². The van der Waals surface area contributed by atoms with Crippen molar-refractivity contribution in [3.63, 3.8) is 0 Å². The van der Waals surface area contributed by atoms with Crippen molar-refractivity contribution in [3.8, 4) is 0 Å². The van der Waals surface area contributed by atoms with Gasteiger partial charge in [-0.05, 0) is 48.1 Å². The Balaban J connectivity index is 2.19. The van der Waals surface area contributed by atoms with E-state index in [9.17, 15) is 4.79 Å². The second-order valence-corrected chi connectivity index (χ2v) is 7.09. The van der Waals surface area contributed by atoms with Crippen molar-refractivity contribution in [1.29, 1.82) is 0 Å². The van der Waals surface area contributed by atoms with Gasteiger partial charge >= 0.3 is 0 Å². The first-order valence-corrected chi connectivity index (χ1v) is 7.84. The highest BCUT2D eigenvalue weighted by atomic mass is 16.3. The summed E-state index contributed by atoms with van der Waals surface area (Å²) in [6.07, 6.45) is 3.68. The van der Waals surface area contributed by atoms with Crippen LogP contribution in [0.15, 0.2) is 24.3 Å². The topological polar surface area (TPSA) is 63.3 Å². The van der Waals surface area contributed by atoms with Crippen LogP contribution in [0.1, 0.15) is 57.6 Å². The number of rotatable bonds is 4. The van der Waals surface area contributed by atoms with Crippen LogP contribution in [-0.2, 0) is 16.8 Å². The van der Waals surface area contributed by atoms with Crippen LogP contribution in [0.5, 0.6) is 0 Å². The van der Waals surface area contributed by atoms with Crippen molar-refractivity contribution < 1.29 is 9.90 Å². The van der Waals surface area contributed by atoms with Gasteiger partial charge in [-0.25, -0.2) is 0 Å². The summed E-state index contributed by atoms with van der Waals surface area (Å²) in [6, 6.07) is 8.19. The number of nitrogens with two attached hydrogens (primary N) is 1. The molecule has 2 rings (SSSR count). The largest absolute Gasteiger partial charge is 0.392 e. The fourth-order valence-corrected chi connectivity index (χ4v) is 3.66. The number of primary amides is 1. The fourth-order valence-electron chi connectivity index (χ4n) is 3.66. The lowest BCUT2D eigenvalue weighted by molar-refractivity contribution is -0.133. The first-order chi connectivity index (χ1) is 9.84. The van der Waals surface area contributed by atoms with Crippen LogP contribution in [0.4, 0.5) is 0 Å². The first-order valence-electron chi connectivity index (χ1n) is 7.84. The molecule has 1 aliphatic rings. The minimum atomic E-state index is -0.343. The number of carbonyl (C=O) groups excluding carboxylic acids is 1. The summed E-state index contributed by atoms with van der Waals surface area (Å²) in [5.74, 6) is 0.145. The molecule has 1 aromatic carbocycles. The van der Waals surface area contributed by atoms with E-state index in [-0.39, 0.29) is 29.3 Å². The van der Waals surface area contributed by atoms with Crippen LogP contribution in [0, 0.1) is 11.3 Å². The van der Waals surface area contributed by atoms with Crippen molar-refractivity contribution in [2.75, 3.05) is 0 Å². The Morgan fingerprint density at radius 2 is 1.71 bits per heavy atom. The number of hydrogen-bond donors (Lipinski definition) is 2. The van der Waals surface area contributed by atoms with Gasteiger partial charge in [-0.2, -0.15) is 0 Å². The average Bonchev–Trinajstić information content (AvgIpc) is 2.47. The Labute approximate surface area is 127 Å². The van der Waals surface area contributed by atoms with Gasteiger partial charge in [0.1, 0.15) is 0 Å². The smallest absolute Gasteiger partial charge is 0.223 e. The molecule has 3 nitrogen and oxygen atoms in total. The monoisotopic (exact) mass is 289 g/mol. The van der Waals surface area contributed by atoms with Crippen LogP contribution in [0.25, 0.3) is 0 Å². The number of amides is 1. The van der Waals surface area contributed by atoms with E-state index in [0.717, 1.165) is 31.2 Å². The maximum Gasteiger partial charge on any atom is 0.223 e. The van der Waals surface area contributed by atoms with Gasteiger partial charge in [0.2, 0.25) is 5.91 Å². The van der Waals surface area contributed by atoms with Crippen molar-refractivity contribution in [1.82, 2.24) is 0 Å². The summed E-state index contributed by atoms with van der Waals surface area (Å²) in [7, 11) is 0. The lowest BCUT2D eigenvalue weighted by Gasteiger charge is -2.45. The van der Waals surface area contributed by atoms with E-state index in [0.29, 0.717) is 0 Å². The van der Waals surface area contributed by atoms with E-state index >= 15 is 0 Å². The van der Waals surface area contributed by atoms with Crippen molar-refractivity contribution in [2.45, 2.75) is 58.5 Å². The maximum atomic E-state index is 11.9. The minimum Gasteiger partial charge on any atom is -0.392 e. The van der Waals surface area contributed by atoms with Gasteiger partial charge in [-0.1, -0.05) is 45.0 Å². The molecule has 21 heavy (non-hydrogen) atoms. The zero-order valence-corrected chi connectivity index (χ0v) is 13.4. The summed E-state index contributed by atoms with van der Waals surface area (Å²) in [5, 5.41) is 9.14. The highest BCUT2D eigenvalue weighted by Crippen LogP contribution is 2.50. The molecule has 3 N–H and O–H groups in total. The number of aliphatic hydroxyl groups excluding tert-OH is 1. The Bertz CT molecular complexity index is 496. The number of aliphatic hydroxyl groups is 1. The second-order valence-electron chi connectivity index (χ2n) is 7.09. The first kappa shape index (κ1) is 16.0. The quantitative estimate of drug-likeness (QED) is 0.894. The fraction of sp³-hybridized carbons (Fsp3) is 0.611. The molecule has 1 aliphatic carbocycles. The minimum absolute atomic E-state index is 0.0785. The van der Waals surface area contributed by atoms with Gasteiger partial charge in [-0.3, -0.25) is 4.79 Å². The molecule has 0 spiro atoms. The van der Waals surface area contributed by atoms with E-state index in [1.807, 2.05) is 12.1 Å². The second kappa shape index (κ2) is 5.80. The molecule has 0 unspecified atom stereocenters. The molecule has 0 radical (unpaired) electrons. The van der Waals surface area contributed by atoms with Crippen molar-refractivity contribution in [2.24, 2.45) is 17.1 Å².